The first kappa shape index (κ1) is 18.7. The molecule has 2 aromatic rings. The number of carbonyl (C=O) groups excluding carboxylic acids is 1. The highest BCUT2D eigenvalue weighted by Crippen LogP contribution is 2.28. The van der Waals surface area contributed by atoms with E-state index in [1.165, 1.54) is 25.4 Å². The van der Waals surface area contributed by atoms with E-state index >= 15 is 0 Å². The minimum Gasteiger partial charge on any atom is -0.369 e. The number of hydroxylamine groups is 2. The number of benzene rings is 1. The van der Waals surface area contributed by atoms with Crippen molar-refractivity contribution in [2.24, 2.45) is 0 Å². The molecule has 1 aliphatic heterocycles. The number of amides is 1. The summed E-state index contributed by atoms with van der Waals surface area (Å²) in [5.74, 6) is -0.855. The van der Waals surface area contributed by atoms with Crippen LogP contribution < -0.4 is 5.32 Å². The number of aromatic nitrogens is 1. The molecule has 1 aromatic carbocycles. The van der Waals surface area contributed by atoms with Crippen molar-refractivity contribution >= 4 is 17.5 Å². The molecule has 138 valence electrons. The lowest BCUT2D eigenvalue weighted by Crippen LogP contribution is -2.39. The van der Waals surface area contributed by atoms with Gasteiger partial charge in [0, 0.05) is 32.5 Å². The Hall–Kier alpha value is -2.06. The average molecular weight is 380 g/mol. The van der Waals surface area contributed by atoms with E-state index in [0.717, 1.165) is 5.06 Å². The van der Waals surface area contributed by atoms with Crippen LogP contribution in [0.4, 0.5) is 4.39 Å². The van der Waals surface area contributed by atoms with Crippen LogP contribution in [-0.4, -0.2) is 48.8 Å². The van der Waals surface area contributed by atoms with E-state index in [2.05, 4.69) is 10.3 Å². The first-order valence-electron chi connectivity index (χ1n) is 8.18. The Morgan fingerprint density at radius 1 is 1.46 bits per heavy atom. The number of hydrogen-bond acceptors (Lipinski definition) is 5. The van der Waals surface area contributed by atoms with Crippen molar-refractivity contribution in [2.45, 2.75) is 12.2 Å². The fourth-order valence-corrected chi connectivity index (χ4v) is 2.85. The van der Waals surface area contributed by atoms with E-state index in [1.54, 1.807) is 24.4 Å². The Bertz CT molecular complexity index is 763. The maximum atomic E-state index is 13.9. The average Bonchev–Trinajstić information content (AvgIpc) is 2.89. The lowest BCUT2D eigenvalue weighted by molar-refractivity contribution is -0.183. The fourth-order valence-electron chi connectivity index (χ4n) is 2.73. The first-order chi connectivity index (χ1) is 12.6. The van der Waals surface area contributed by atoms with Crippen molar-refractivity contribution in [1.82, 2.24) is 15.4 Å². The summed E-state index contributed by atoms with van der Waals surface area (Å²) in [5, 5.41) is 4.38. The van der Waals surface area contributed by atoms with Gasteiger partial charge in [-0.3, -0.25) is 14.6 Å². The van der Waals surface area contributed by atoms with Gasteiger partial charge in [-0.25, -0.2) is 9.45 Å². The van der Waals surface area contributed by atoms with E-state index in [4.69, 9.17) is 21.2 Å². The number of nitrogens with zero attached hydrogens (tertiary/aromatic N) is 2. The predicted octanol–water partition coefficient (Wildman–Crippen LogP) is 2.61. The normalized spacial score (nSPS) is 20.4. The summed E-state index contributed by atoms with van der Waals surface area (Å²) in [7, 11) is 1.53. The van der Waals surface area contributed by atoms with Crippen molar-refractivity contribution in [3.05, 3.63) is 64.7 Å². The molecule has 26 heavy (non-hydrogen) atoms. The van der Waals surface area contributed by atoms with Gasteiger partial charge in [-0.05, 0) is 29.8 Å². The van der Waals surface area contributed by atoms with Crippen LogP contribution in [-0.2, 0) is 9.57 Å². The molecule has 8 heteroatoms. The second-order valence-electron chi connectivity index (χ2n) is 5.86. The van der Waals surface area contributed by atoms with Gasteiger partial charge in [0.05, 0.1) is 17.2 Å². The summed E-state index contributed by atoms with van der Waals surface area (Å²) in [6.07, 6.45) is 1.99. The second kappa shape index (κ2) is 8.55. The van der Waals surface area contributed by atoms with Crippen LogP contribution in [0.15, 0.2) is 42.7 Å². The second-order valence-corrected chi connectivity index (χ2v) is 6.26. The molecular formula is C18H19ClFN3O3. The summed E-state index contributed by atoms with van der Waals surface area (Å²) in [5.41, 5.74) is 1.01. The third-order valence-electron chi connectivity index (χ3n) is 4.02. The molecule has 0 bridgehead atoms. The molecule has 1 saturated heterocycles. The van der Waals surface area contributed by atoms with Crippen LogP contribution in [0, 0.1) is 5.82 Å². The quantitative estimate of drug-likeness (QED) is 0.827. The van der Waals surface area contributed by atoms with E-state index in [9.17, 15) is 9.18 Å². The molecule has 0 aliphatic carbocycles. The Kier molecular flexibility index (Phi) is 6.16. The number of halogens is 2. The summed E-state index contributed by atoms with van der Waals surface area (Å²) < 4.78 is 19.7. The molecular weight excluding hydrogens is 361 g/mol. The van der Waals surface area contributed by atoms with Crippen molar-refractivity contribution < 1.29 is 18.8 Å². The van der Waals surface area contributed by atoms with Gasteiger partial charge in [-0.15, -0.1) is 0 Å². The van der Waals surface area contributed by atoms with E-state index in [-0.39, 0.29) is 10.9 Å². The van der Waals surface area contributed by atoms with Gasteiger partial charge in [-0.2, -0.15) is 0 Å². The molecule has 0 unspecified atom stereocenters. The Labute approximate surface area is 155 Å². The number of rotatable bonds is 4. The Morgan fingerprint density at radius 2 is 2.31 bits per heavy atom. The fraction of sp³-hybridized carbons (Fsp3) is 0.333. The molecule has 0 radical (unpaired) electrons. The number of pyridine rings is 1. The molecule has 1 aromatic heterocycles. The summed E-state index contributed by atoms with van der Waals surface area (Å²) in [6.45, 7) is 1.52. The molecule has 3 rings (SSSR count). The van der Waals surface area contributed by atoms with Crippen LogP contribution in [0.1, 0.15) is 22.0 Å². The minimum atomic E-state index is -0.541. The van der Waals surface area contributed by atoms with E-state index < -0.39 is 18.0 Å². The van der Waals surface area contributed by atoms with Gasteiger partial charge in [0.1, 0.15) is 18.0 Å². The highest BCUT2D eigenvalue weighted by atomic mass is 35.5. The predicted molar refractivity (Wildman–Crippen MR) is 94.2 cm³/mol. The van der Waals surface area contributed by atoms with E-state index in [1.807, 2.05) is 0 Å². The molecule has 0 saturated carbocycles. The number of nitrogens with one attached hydrogen (secondary N) is 1. The smallest absolute Gasteiger partial charge is 0.278 e. The van der Waals surface area contributed by atoms with Crippen LogP contribution in [0.3, 0.4) is 0 Å². The highest BCUT2D eigenvalue weighted by Gasteiger charge is 2.30. The molecule has 1 fully saturated rings. The molecule has 2 atom stereocenters. The maximum absolute atomic E-state index is 13.9. The zero-order valence-corrected chi connectivity index (χ0v) is 14.9. The van der Waals surface area contributed by atoms with Gasteiger partial charge >= 0.3 is 0 Å². The van der Waals surface area contributed by atoms with Crippen LogP contribution >= 0.6 is 11.6 Å². The van der Waals surface area contributed by atoms with E-state index in [0.29, 0.717) is 30.8 Å². The zero-order valence-electron chi connectivity index (χ0n) is 14.2. The number of carbonyl (C=O) groups is 1. The van der Waals surface area contributed by atoms with Gasteiger partial charge in [0.2, 0.25) is 0 Å². The molecule has 6 nitrogen and oxygen atoms in total. The van der Waals surface area contributed by atoms with Gasteiger partial charge in [0.15, 0.2) is 0 Å². The lowest BCUT2D eigenvalue weighted by Gasteiger charge is -2.29. The number of hydrogen-bond donors (Lipinski definition) is 1. The molecule has 1 N–H and O–H groups in total. The minimum absolute atomic E-state index is 0.0434. The lowest BCUT2D eigenvalue weighted by atomic mass is 10.0. The highest BCUT2D eigenvalue weighted by molar-refractivity contribution is 6.30. The standard InChI is InChI=1S/C18H19ClFN3O3/c1-23(18(24)13-3-2-6-21-10-13)26-16-11-22-7-8-25-17(16)12-4-5-14(19)15(20)9-12/h2-6,9-10,16-17,22H,7-8,11H2,1H3/t16-,17+/m1/s1. The maximum Gasteiger partial charge on any atom is 0.278 e. The Balaban J connectivity index is 1.78. The Morgan fingerprint density at radius 3 is 3.04 bits per heavy atom. The van der Waals surface area contributed by atoms with Crippen molar-refractivity contribution in [3.63, 3.8) is 0 Å². The number of ether oxygens (including phenoxy) is 1. The topological polar surface area (TPSA) is 63.7 Å². The third kappa shape index (κ3) is 4.37. The first-order valence-corrected chi connectivity index (χ1v) is 8.56. The van der Waals surface area contributed by atoms with Crippen LogP contribution in [0.2, 0.25) is 5.02 Å². The SMILES string of the molecule is CN(O[C@@H]1CNCCO[C@H]1c1ccc(Cl)c(F)c1)C(=O)c1cccnc1. The molecule has 0 spiro atoms. The van der Waals surface area contributed by atoms with Crippen molar-refractivity contribution in [3.8, 4) is 0 Å². The van der Waals surface area contributed by atoms with Crippen molar-refractivity contribution in [2.75, 3.05) is 26.7 Å². The van der Waals surface area contributed by atoms with Crippen LogP contribution in [0.25, 0.3) is 0 Å². The molecule has 1 aliphatic rings. The van der Waals surface area contributed by atoms with Crippen molar-refractivity contribution in [1.29, 1.82) is 0 Å². The van der Waals surface area contributed by atoms with Crippen LogP contribution in [0.5, 0.6) is 0 Å². The molecule has 2 heterocycles. The monoisotopic (exact) mass is 379 g/mol. The summed E-state index contributed by atoms with van der Waals surface area (Å²) in [6, 6.07) is 7.84. The zero-order chi connectivity index (χ0) is 18.5. The van der Waals surface area contributed by atoms with Gasteiger partial charge in [-0.1, -0.05) is 17.7 Å². The molecule has 1 amide bonds. The summed E-state index contributed by atoms with van der Waals surface area (Å²) in [4.78, 5) is 22.2. The largest absolute Gasteiger partial charge is 0.369 e. The summed E-state index contributed by atoms with van der Waals surface area (Å²) >= 11 is 5.76. The van der Waals surface area contributed by atoms with Gasteiger partial charge < -0.3 is 10.1 Å². The van der Waals surface area contributed by atoms with Gasteiger partial charge in [0.25, 0.3) is 5.91 Å². The third-order valence-corrected chi connectivity index (χ3v) is 4.33.